The third-order valence-electron chi connectivity index (χ3n) is 13.2. The van der Waals surface area contributed by atoms with E-state index in [-0.39, 0.29) is 0 Å². The van der Waals surface area contributed by atoms with Crippen molar-refractivity contribution in [1.29, 1.82) is 0 Å². The van der Waals surface area contributed by atoms with Gasteiger partial charge in [0.1, 0.15) is 11.2 Å². The van der Waals surface area contributed by atoms with Gasteiger partial charge in [-0.3, -0.25) is 0 Å². The number of hydrogen-bond donors (Lipinski definition) is 0. The van der Waals surface area contributed by atoms with Crippen LogP contribution in [0, 0.1) is 0 Å². The first kappa shape index (κ1) is 36.9. The Morgan fingerprint density at radius 3 is 1.72 bits per heavy atom. The molecule has 2 aromatic heterocycles. The number of benzene rings is 11. The summed E-state index contributed by atoms with van der Waals surface area (Å²) in [6, 6.07) is 87.6. The number of hydrogen-bond acceptors (Lipinski definition) is 2. The minimum absolute atomic E-state index is 0.858. The smallest absolute Gasteiger partial charge is 0.145 e. The first-order chi connectivity index (χ1) is 32.3. The minimum atomic E-state index is 0.858. The molecule has 0 fully saturated rings. The molecule has 0 N–H and O–H groups in total. The molecule has 3 heteroatoms. The molecular formula is C62H40N2O. The van der Waals surface area contributed by atoms with Crippen LogP contribution in [-0.4, -0.2) is 4.57 Å². The summed E-state index contributed by atoms with van der Waals surface area (Å²) < 4.78 is 9.38. The molecule has 304 valence electrons. The summed E-state index contributed by atoms with van der Waals surface area (Å²) in [4.78, 5) is 2.46. The Bertz CT molecular complexity index is 3940. The van der Waals surface area contributed by atoms with Gasteiger partial charge in [-0.15, -0.1) is 0 Å². The Balaban J connectivity index is 1.06. The fraction of sp³-hybridized carbons (Fsp3) is 0. The van der Waals surface area contributed by atoms with Crippen LogP contribution in [0.5, 0.6) is 0 Å². The van der Waals surface area contributed by atoms with Crippen molar-refractivity contribution in [2.24, 2.45) is 0 Å². The summed E-state index contributed by atoms with van der Waals surface area (Å²) in [6.45, 7) is 0. The van der Waals surface area contributed by atoms with E-state index >= 15 is 0 Å². The number of rotatable bonds is 7. The molecule has 13 aromatic rings. The highest BCUT2D eigenvalue weighted by Crippen LogP contribution is 2.50. The molecule has 0 saturated carbocycles. The number of anilines is 3. The van der Waals surface area contributed by atoms with Crippen molar-refractivity contribution >= 4 is 82.4 Å². The molecule has 0 saturated heterocycles. The summed E-state index contributed by atoms with van der Waals surface area (Å²) in [6.07, 6.45) is 0. The molecule has 3 nitrogen and oxygen atoms in total. The Labute approximate surface area is 376 Å². The maximum absolute atomic E-state index is 6.99. The zero-order chi connectivity index (χ0) is 42.8. The molecule has 0 aliphatic heterocycles. The quantitative estimate of drug-likeness (QED) is 0.160. The molecule has 0 bridgehead atoms. The minimum Gasteiger partial charge on any atom is -0.455 e. The van der Waals surface area contributed by atoms with E-state index in [2.05, 4.69) is 252 Å². The Kier molecular flexibility index (Phi) is 8.53. The average molecular weight is 829 g/mol. The van der Waals surface area contributed by atoms with Crippen molar-refractivity contribution < 1.29 is 4.42 Å². The van der Waals surface area contributed by atoms with Crippen LogP contribution in [0.25, 0.3) is 104 Å². The Hall–Kier alpha value is -8.66. The molecule has 0 aliphatic rings. The van der Waals surface area contributed by atoms with Gasteiger partial charge in [-0.1, -0.05) is 176 Å². The van der Waals surface area contributed by atoms with Crippen molar-refractivity contribution in [1.82, 2.24) is 4.57 Å². The Morgan fingerprint density at radius 2 is 0.923 bits per heavy atom. The summed E-state index contributed by atoms with van der Waals surface area (Å²) in [5, 5.41) is 9.40. The van der Waals surface area contributed by atoms with Crippen molar-refractivity contribution in [3.63, 3.8) is 0 Å². The molecule has 0 amide bonds. The van der Waals surface area contributed by atoms with Gasteiger partial charge in [0.05, 0.1) is 27.8 Å². The van der Waals surface area contributed by atoms with Crippen molar-refractivity contribution in [2.45, 2.75) is 0 Å². The van der Waals surface area contributed by atoms with Gasteiger partial charge >= 0.3 is 0 Å². The molecule has 0 spiro atoms. The summed E-state index contributed by atoms with van der Waals surface area (Å²) in [7, 11) is 0. The normalized spacial score (nSPS) is 11.7. The van der Waals surface area contributed by atoms with Gasteiger partial charge in [-0.25, -0.2) is 0 Å². The van der Waals surface area contributed by atoms with E-state index < -0.39 is 0 Å². The van der Waals surface area contributed by atoms with E-state index in [0.29, 0.717) is 0 Å². The SMILES string of the molecule is c1ccc(-n2c3ccccc3c3c(N(c4ccc(-c5cccc(-c6cccc7ccccc67)c5)cc4)c4ccc(-c5cccc6ccccc56)c5oc6ccccc6c45)cccc32)cc1. The highest BCUT2D eigenvalue weighted by Gasteiger charge is 2.26. The lowest BCUT2D eigenvalue weighted by molar-refractivity contribution is 0.670. The standard InChI is InChI=1S/C62H40N2O/c1-2-22-46(23-3-1)63-55-30-10-8-26-53(55)60-56(63)31-15-32-57(60)64(47-36-34-41(35-37-47)44-20-12-21-45(40-44)50-28-13-18-42-16-4-6-24-48(42)50)58-39-38-52(51-29-14-19-43-17-5-7-25-49(43)51)62-61(58)54-27-9-11-33-59(54)65-62/h1-40H. The maximum atomic E-state index is 6.99. The first-order valence-electron chi connectivity index (χ1n) is 22.3. The Morgan fingerprint density at radius 1 is 0.338 bits per heavy atom. The predicted octanol–water partition coefficient (Wildman–Crippen LogP) is 17.5. The van der Waals surface area contributed by atoms with Crippen molar-refractivity contribution in [3.8, 4) is 39.1 Å². The molecule has 13 rings (SSSR count). The van der Waals surface area contributed by atoms with Gasteiger partial charge in [0.2, 0.25) is 0 Å². The highest BCUT2D eigenvalue weighted by molar-refractivity contribution is 6.21. The lowest BCUT2D eigenvalue weighted by Gasteiger charge is -2.28. The summed E-state index contributed by atoms with van der Waals surface area (Å²) >= 11 is 0. The van der Waals surface area contributed by atoms with E-state index in [9.17, 15) is 0 Å². The molecular weight excluding hydrogens is 789 g/mol. The van der Waals surface area contributed by atoms with E-state index in [1.54, 1.807) is 0 Å². The van der Waals surface area contributed by atoms with Gasteiger partial charge in [0.15, 0.2) is 0 Å². The van der Waals surface area contributed by atoms with Gasteiger partial charge in [0, 0.05) is 33.1 Å². The number of furan rings is 1. The van der Waals surface area contributed by atoms with E-state index in [0.717, 1.165) is 72.4 Å². The van der Waals surface area contributed by atoms with E-state index in [1.165, 1.54) is 49.0 Å². The monoisotopic (exact) mass is 828 g/mol. The van der Waals surface area contributed by atoms with Crippen molar-refractivity contribution in [2.75, 3.05) is 4.90 Å². The molecule has 11 aromatic carbocycles. The second-order valence-electron chi connectivity index (χ2n) is 16.8. The zero-order valence-corrected chi connectivity index (χ0v) is 35.4. The molecule has 0 aliphatic carbocycles. The highest BCUT2D eigenvalue weighted by atomic mass is 16.3. The fourth-order valence-electron chi connectivity index (χ4n) is 10.3. The van der Waals surface area contributed by atoms with E-state index in [1.807, 2.05) is 0 Å². The summed E-state index contributed by atoms with van der Waals surface area (Å²) in [5.41, 5.74) is 15.3. The molecule has 0 radical (unpaired) electrons. The lowest BCUT2D eigenvalue weighted by atomic mass is 9.94. The lowest BCUT2D eigenvalue weighted by Crippen LogP contribution is -2.11. The van der Waals surface area contributed by atoms with Crippen LogP contribution in [0.2, 0.25) is 0 Å². The number of aromatic nitrogens is 1. The van der Waals surface area contributed by atoms with Crippen LogP contribution in [0.1, 0.15) is 0 Å². The largest absolute Gasteiger partial charge is 0.455 e. The molecule has 0 unspecified atom stereocenters. The van der Waals surface area contributed by atoms with Gasteiger partial charge in [0.25, 0.3) is 0 Å². The number of para-hydroxylation sites is 3. The second kappa shape index (κ2) is 15.0. The summed E-state index contributed by atoms with van der Waals surface area (Å²) in [5.74, 6) is 0. The molecule has 2 heterocycles. The number of fused-ring (bicyclic) bond motifs is 8. The predicted molar refractivity (Wildman–Crippen MR) is 274 cm³/mol. The van der Waals surface area contributed by atoms with Crippen LogP contribution in [0.4, 0.5) is 17.1 Å². The second-order valence-corrected chi connectivity index (χ2v) is 16.8. The maximum Gasteiger partial charge on any atom is 0.145 e. The number of nitrogens with zero attached hydrogens (tertiary/aromatic N) is 2. The molecule has 65 heavy (non-hydrogen) atoms. The van der Waals surface area contributed by atoms with Crippen LogP contribution < -0.4 is 4.90 Å². The van der Waals surface area contributed by atoms with Crippen molar-refractivity contribution in [3.05, 3.63) is 243 Å². The van der Waals surface area contributed by atoms with Crippen LogP contribution in [0.15, 0.2) is 247 Å². The van der Waals surface area contributed by atoms with E-state index in [4.69, 9.17) is 4.42 Å². The van der Waals surface area contributed by atoms with Crippen LogP contribution >= 0.6 is 0 Å². The van der Waals surface area contributed by atoms with Gasteiger partial charge < -0.3 is 13.9 Å². The van der Waals surface area contributed by atoms with Gasteiger partial charge in [-0.2, -0.15) is 0 Å². The zero-order valence-electron chi connectivity index (χ0n) is 35.4. The molecule has 0 atom stereocenters. The van der Waals surface area contributed by atoms with Gasteiger partial charge in [-0.05, 0) is 116 Å². The average Bonchev–Trinajstić information content (AvgIpc) is 3.94. The van der Waals surface area contributed by atoms with Crippen LogP contribution in [-0.2, 0) is 0 Å². The fourth-order valence-corrected chi connectivity index (χ4v) is 10.3. The topological polar surface area (TPSA) is 21.3 Å². The van der Waals surface area contributed by atoms with Crippen LogP contribution in [0.3, 0.4) is 0 Å². The first-order valence-corrected chi connectivity index (χ1v) is 22.3. The third-order valence-corrected chi connectivity index (χ3v) is 13.2. The third kappa shape index (κ3) is 5.97.